The van der Waals surface area contributed by atoms with Gasteiger partial charge in [-0.3, -0.25) is 0 Å². The van der Waals surface area contributed by atoms with Crippen LogP contribution in [0.25, 0.3) is 11.6 Å². The number of halogens is 2. The molecular formula is C20H17Cl2N5O3. The molecule has 3 heterocycles. The molecule has 0 aliphatic carbocycles. The number of ether oxygens (including phenoxy) is 1. The van der Waals surface area contributed by atoms with Gasteiger partial charge < -0.3 is 19.3 Å². The Hall–Kier alpha value is -2.70. The van der Waals surface area contributed by atoms with Crippen LogP contribution in [0.5, 0.6) is 0 Å². The number of rotatable bonds is 4. The van der Waals surface area contributed by atoms with Gasteiger partial charge in [-0.25, -0.2) is 0 Å². The predicted molar refractivity (Wildman–Crippen MR) is 111 cm³/mol. The summed E-state index contributed by atoms with van der Waals surface area (Å²) in [5, 5.41) is 22.0. The number of benzene rings is 1. The van der Waals surface area contributed by atoms with Crippen molar-refractivity contribution < 1.29 is 14.4 Å². The first-order chi connectivity index (χ1) is 14.5. The molecule has 0 saturated carbocycles. The van der Waals surface area contributed by atoms with Crippen LogP contribution in [0.15, 0.2) is 34.9 Å². The van der Waals surface area contributed by atoms with Crippen LogP contribution in [0.1, 0.15) is 17.8 Å². The van der Waals surface area contributed by atoms with Gasteiger partial charge >= 0.3 is 0 Å². The van der Waals surface area contributed by atoms with Crippen LogP contribution in [-0.2, 0) is 11.3 Å². The van der Waals surface area contributed by atoms with Gasteiger partial charge in [-0.1, -0.05) is 40.2 Å². The molecule has 1 fully saturated rings. The minimum Gasteiger partial charge on any atom is -0.388 e. The van der Waals surface area contributed by atoms with Crippen LogP contribution >= 0.6 is 23.2 Å². The Morgan fingerprint density at radius 2 is 2.10 bits per heavy atom. The Morgan fingerprint density at radius 3 is 2.77 bits per heavy atom. The highest BCUT2D eigenvalue weighted by molar-refractivity contribution is 6.42. The zero-order chi connectivity index (χ0) is 21.1. The number of anilines is 1. The lowest BCUT2D eigenvalue weighted by atomic mass is 10.0. The van der Waals surface area contributed by atoms with Gasteiger partial charge in [0.15, 0.2) is 17.3 Å². The van der Waals surface area contributed by atoms with Gasteiger partial charge in [-0.15, -0.1) is 10.2 Å². The van der Waals surface area contributed by atoms with Crippen molar-refractivity contribution in [1.29, 1.82) is 0 Å². The van der Waals surface area contributed by atoms with E-state index in [2.05, 4.69) is 37.1 Å². The van der Waals surface area contributed by atoms with Crippen LogP contribution < -0.4 is 4.90 Å². The van der Waals surface area contributed by atoms with Gasteiger partial charge in [0, 0.05) is 25.6 Å². The molecule has 1 saturated heterocycles. The second kappa shape index (κ2) is 8.58. The maximum absolute atomic E-state index is 9.04. The molecule has 8 nitrogen and oxygen atoms in total. The zero-order valence-electron chi connectivity index (χ0n) is 16.0. The minimum atomic E-state index is -0.630. The van der Waals surface area contributed by atoms with Crippen LogP contribution in [0.4, 0.5) is 5.82 Å². The average Bonchev–Trinajstić information content (AvgIpc) is 3.43. The van der Waals surface area contributed by atoms with E-state index in [1.807, 2.05) is 12.1 Å². The lowest BCUT2D eigenvalue weighted by molar-refractivity contribution is 0.0602. The summed E-state index contributed by atoms with van der Waals surface area (Å²) in [7, 11) is 1.65. The van der Waals surface area contributed by atoms with Crippen molar-refractivity contribution in [1.82, 2.24) is 20.3 Å². The number of nitrogens with zero attached hydrogens (tertiary/aromatic N) is 5. The Kier molecular flexibility index (Phi) is 5.88. The molecule has 1 aliphatic rings. The molecule has 3 aromatic rings. The molecule has 1 atom stereocenters. The number of hydrogen-bond acceptors (Lipinski definition) is 8. The summed E-state index contributed by atoms with van der Waals surface area (Å²) in [6.45, 7) is 0.958. The molecule has 0 spiro atoms. The number of aliphatic hydroxyl groups excluding tert-OH is 1. The Balaban J connectivity index is 1.49. The third kappa shape index (κ3) is 4.25. The molecule has 2 aromatic heterocycles. The second-order valence-electron chi connectivity index (χ2n) is 6.70. The number of methoxy groups -OCH3 is 1. The Bertz CT molecular complexity index is 1110. The second-order valence-corrected chi connectivity index (χ2v) is 7.51. The first-order valence-electron chi connectivity index (χ1n) is 9.08. The number of aliphatic hydroxyl groups is 1. The summed E-state index contributed by atoms with van der Waals surface area (Å²) in [4.78, 5) is 6.08. The fourth-order valence-electron chi connectivity index (χ4n) is 3.09. The van der Waals surface area contributed by atoms with E-state index >= 15 is 0 Å². The zero-order valence-corrected chi connectivity index (χ0v) is 17.5. The molecule has 0 radical (unpaired) electrons. The van der Waals surface area contributed by atoms with Crippen molar-refractivity contribution in [2.45, 2.75) is 18.6 Å². The largest absolute Gasteiger partial charge is 0.388 e. The van der Waals surface area contributed by atoms with E-state index in [-0.39, 0.29) is 18.3 Å². The van der Waals surface area contributed by atoms with Gasteiger partial charge in [-0.05, 0) is 30.3 Å². The third-order valence-electron chi connectivity index (χ3n) is 4.78. The van der Waals surface area contributed by atoms with Crippen molar-refractivity contribution in [3.63, 3.8) is 0 Å². The van der Waals surface area contributed by atoms with Crippen molar-refractivity contribution in [2.24, 2.45) is 0 Å². The van der Waals surface area contributed by atoms with Gasteiger partial charge in [0.2, 0.25) is 0 Å². The standard InChI is InChI=1S/C20H17Cl2N5O3/c1-29-20(7-6-13-2-3-14(21)15(22)10-13)8-9-27(12-20)18-5-4-16(24-25-18)19-23-17(11-28)26-30-19/h2-5,10,28H,8-9,11-12H2,1H3. The van der Waals surface area contributed by atoms with Crippen LogP contribution in [0.3, 0.4) is 0 Å². The van der Waals surface area contributed by atoms with E-state index in [0.717, 1.165) is 5.56 Å². The van der Waals surface area contributed by atoms with Gasteiger partial charge in [0.1, 0.15) is 12.2 Å². The Morgan fingerprint density at radius 1 is 1.23 bits per heavy atom. The molecule has 1 aliphatic heterocycles. The molecule has 4 rings (SSSR count). The van der Waals surface area contributed by atoms with Gasteiger partial charge in [0.05, 0.1) is 16.6 Å². The first kappa shape index (κ1) is 20.6. The highest BCUT2D eigenvalue weighted by Crippen LogP contribution is 2.29. The average molecular weight is 446 g/mol. The van der Waals surface area contributed by atoms with Crippen molar-refractivity contribution >= 4 is 29.0 Å². The minimum absolute atomic E-state index is 0.195. The molecule has 154 valence electrons. The molecule has 1 N–H and O–H groups in total. The molecule has 1 unspecified atom stereocenters. The van der Waals surface area contributed by atoms with Gasteiger partial charge in [0.25, 0.3) is 5.89 Å². The molecule has 10 heteroatoms. The molecular weight excluding hydrogens is 429 g/mol. The molecule has 0 amide bonds. The summed E-state index contributed by atoms with van der Waals surface area (Å²) in [5.41, 5.74) is 0.572. The SMILES string of the molecule is COC1(C#Cc2ccc(Cl)c(Cl)c2)CCN(c2ccc(-c3nc(CO)no3)nn2)C1. The number of aromatic nitrogens is 4. The topological polar surface area (TPSA) is 97.4 Å². The quantitative estimate of drug-likeness (QED) is 0.611. The lowest BCUT2D eigenvalue weighted by Gasteiger charge is -2.22. The van der Waals surface area contributed by atoms with E-state index in [9.17, 15) is 0 Å². The normalized spacial score (nSPS) is 18.3. The number of hydrogen-bond donors (Lipinski definition) is 1. The van der Waals surface area contributed by atoms with E-state index in [1.165, 1.54) is 0 Å². The summed E-state index contributed by atoms with van der Waals surface area (Å²) in [5.74, 6) is 7.45. The predicted octanol–water partition coefficient (Wildman–Crippen LogP) is 2.97. The van der Waals surface area contributed by atoms with E-state index in [0.29, 0.717) is 41.1 Å². The van der Waals surface area contributed by atoms with Crippen molar-refractivity contribution in [2.75, 3.05) is 25.1 Å². The van der Waals surface area contributed by atoms with E-state index in [4.69, 9.17) is 37.6 Å². The van der Waals surface area contributed by atoms with Crippen molar-refractivity contribution in [3.8, 4) is 23.4 Å². The van der Waals surface area contributed by atoms with Crippen LogP contribution in [0.2, 0.25) is 10.0 Å². The maximum Gasteiger partial charge on any atom is 0.278 e. The summed E-state index contributed by atoms with van der Waals surface area (Å²) >= 11 is 12.0. The van der Waals surface area contributed by atoms with Crippen molar-refractivity contribution in [3.05, 3.63) is 51.8 Å². The molecule has 0 bridgehead atoms. The van der Waals surface area contributed by atoms with Crippen LogP contribution in [0, 0.1) is 11.8 Å². The highest BCUT2D eigenvalue weighted by atomic mass is 35.5. The maximum atomic E-state index is 9.04. The highest BCUT2D eigenvalue weighted by Gasteiger charge is 2.37. The fourth-order valence-corrected chi connectivity index (χ4v) is 3.39. The lowest BCUT2D eigenvalue weighted by Crippen LogP contribution is -2.34. The summed E-state index contributed by atoms with van der Waals surface area (Å²) in [6, 6.07) is 8.84. The third-order valence-corrected chi connectivity index (χ3v) is 5.52. The summed E-state index contributed by atoms with van der Waals surface area (Å²) in [6.07, 6.45) is 0.713. The van der Waals surface area contributed by atoms with E-state index in [1.54, 1.807) is 25.3 Å². The summed E-state index contributed by atoms with van der Waals surface area (Å²) < 4.78 is 10.8. The molecule has 1 aromatic carbocycles. The molecule has 30 heavy (non-hydrogen) atoms. The monoisotopic (exact) mass is 445 g/mol. The van der Waals surface area contributed by atoms with Gasteiger partial charge in [-0.2, -0.15) is 4.98 Å². The van der Waals surface area contributed by atoms with Crippen LogP contribution in [-0.4, -0.2) is 51.2 Å². The first-order valence-corrected chi connectivity index (χ1v) is 9.83. The smallest absolute Gasteiger partial charge is 0.278 e. The Labute approximate surface area is 182 Å². The van der Waals surface area contributed by atoms with E-state index < -0.39 is 5.60 Å². The fraction of sp³-hybridized carbons (Fsp3) is 0.300.